The van der Waals surface area contributed by atoms with Gasteiger partial charge >= 0.3 is 5.97 Å². The summed E-state index contributed by atoms with van der Waals surface area (Å²) in [4.78, 5) is 61.8. The van der Waals surface area contributed by atoms with Crippen LogP contribution >= 0.6 is 0 Å². The van der Waals surface area contributed by atoms with E-state index in [0.717, 1.165) is 34.8 Å². The van der Waals surface area contributed by atoms with Crippen LogP contribution in [0, 0.1) is 0 Å². The van der Waals surface area contributed by atoms with E-state index in [1.807, 2.05) is 39.0 Å². The molecule has 3 aromatic rings. The highest BCUT2D eigenvalue weighted by Gasteiger charge is 2.39. The van der Waals surface area contributed by atoms with Crippen LogP contribution in [0.2, 0.25) is 0 Å². The van der Waals surface area contributed by atoms with Crippen molar-refractivity contribution >= 4 is 56.2 Å². The van der Waals surface area contributed by atoms with Gasteiger partial charge in [0.15, 0.2) is 5.54 Å². The molecule has 137 heavy (non-hydrogen) atoms. The van der Waals surface area contributed by atoms with Crippen LogP contribution in [0.3, 0.4) is 0 Å². The average Bonchev–Trinajstić information content (AvgIpc) is 1.60. The Labute approximate surface area is 810 Å². The Balaban J connectivity index is 0.00000395. The fourth-order valence-corrected chi connectivity index (χ4v) is 15.3. The lowest BCUT2D eigenvalue weighted by atomic mass is 9.85. The summed E-state index contributed by atoms with van der Waals surface area (Å²) in [5.41, 5.74) is 4.57. The smallest absolute Gasteiger partial charge is 0.335 e. The van der Waals surface area contributed by atoms with Crippen LogP contribution in [0.1, 0.15) is 117 Å². The Bertz CT molecular complexity index is 4080. The van der Waals surface area contributed by atoms with Crippen molar-refractivity contribution in [2.45, 2.75) is 113 Å². The second-order valence-corrected chi connectivity index (χ2v) is 33.8. The van der Waals surface area contributed by atoms with E-state index in [1.165, 1.54) is 25.2 Å². The Morgan fingerprint density at radius 1 is 0.445 bits per heavy atom. The number of allylic oxidation sites excluding steroid dienone is 1. The van der Waals surface area contributed by atoms with Crippen molar-refractivity contribution in [3.05, 3.63) is 81.9 Å². The summed E-state index contributed by atoms with van der Waals surface area (Å²) in [5.74, 6) is -0.966. The molecule has 5 heterocycles. The number of fused-ring (bicyclic) bond motifs is 4. The summed E-state index contributed by atoms with van der Waals surface area (Å²) in [7, 11) is -4.65. The summed E-state index contributed by atoms with van der Waals surface area (Å²) in [6, 6.07) is 8.11. The van der Waals surface area contributed by atoms with Crippen molar-refractivity contribution in [3.8, 4) is 11.5 Å². The van der Waals surface area contributed by atoms with E-state index < -0.39 is 39.2 Å². The molecule has 0 unspecified atom stereocenters. The van der Waals surface area contributed by atoms with Gasteiger partial charge in [0, 0.05) is 91.4 Å². The number of imidazole rings is 1. The highest BCUT2D eigenvalue weighted by molar-refractivity contribution is 7.86. The van der Waals surface area contributed by atoms with Crippen LogP contribution in [0.15, 0.2) is 48.8 Å². The van der Waals surface area contributed by atoms with Crippen LogP contribution in [-0.4, -0.2) is 425 Å². The Morgan fingerprint density at radius 3 is 1.12 bits per heavy atom. The van der Waals surface area contributed by atoms with E-state index in [9.17, 15) is 32.1 Å². The third-order valence-electron chi connectivity index (χ3n) is 21.5. The number of carbonyl (C=O) groups excluding carboxylic acids is 4. The molecule has 2 N–H and O–H groups in total. The first kappa shape index (κ1) is 119. The summed E-state index contributed by atoms with van der Waals surface area (Å²) in [6.07, 6.45) is 8.42. The lowest BCUT2D eigenvalue weighted by Crippen LogP contribution is -3.11. The van der Waals surface area contributed by atoms with Gasteiger partial charge in [-0.05, 0) is 84.2 Å². The second kappa shape index (κ2) is 73.5. The van der Waals surface area contributed by atoms with Gasteiger partial charge in [-0.1, -0.05) is 13.0 Å². The fraction of sp³-hybridized carbons (Fsp3) is 0.750. The molecule has 0 bridgehead atoms. The summed E-state index contributed by atoms with van der Waals surface area (Å²) >= 11 is 0. The maximum absolute atomic E-state index is 13.6. The number of carbonyl (C=O) groups is 4. The number of quaternary nitrogens is 1. The van der Waals surface area contributed by atoms with E-state index in [2.05, 4.69) is 81.5 Å². The molecular weight excluding hydrogens is 1810 g/mol. The lowest BCUT2D eigenvalue weighted by molar-refractivity contribution is -0.894. The molecule has 0 atom stereocenters. The third-order valence-corrected chi connectivity index (χ3v) is 22.2. The topological polar surface area (TPSA) is 409 Å². The standard InChI is InChI=1S/C90H144N6O33S.C6H15N/c1-8-73-69-89(4,5)94(9-2)79-67-81-77(65-75(73)79)87(78-66-76-74(72-130(101,102)103)70-90(6,7)95(10-3)80(76)68-82(78)128-81)88-92-14-16-93(88)71-83(97)91-15-18-105-20-22-107-24-26-109-28-30-111-32-34-113-36-38-115-40-42-117-44-46-119-48-50-121-52-54-123-56-58-125-60-62-127-64-63-126-61-59-124-57-55-122-53-51-120-49-47-118-45-43-116-41-39-114-37-35-112-33-31-110-29-27-108-25-23-106-21-19-104-17-13-86(100)129-96-84(98)11-12-85(96)99;1-4-7(5-2)6-3/h14,16,65-70H,8-13,15,17-64,71-72H2,1-7H3,(H-,91,97,101,102,103);4-6H2,1-3H3/p+1. The number of nitrogens with zero attached hydrogens (tertiary/aromatic N) is 5. The maximum Gasteiger partial charge on any atom is 0.335 e. The SMILES string of the molecule is CCC1=CC(C)(C)[N+](CC)=c2cc3c(cc21)=C(c1nccn1CC(=O)NCCOCCOCCOCCOCCOCCOCCOCCOCCOCCOCCOCCOCCOCCOCCOCCOCCOCCOCCOCCOCCOCCOCCOCCOCCC(=O)ON1C(=O)CCC1=O)c1cc2c(cc1O3)N(CC)C(C)(C)C=C2CS(=O)(=O)[O-].CC[NH+](CC)CC. The Morgan fingerprint density at radius 2 is 0.796 bits per heavy atom. The fourth-order valence-electron chi connectivity index (χ4n) is 14.7. The zero-order chi connectivity index (χ0) is 98.5. The van der Waals surface area contributed by atoms with Crippen LogP contribution in [0.25, 0.3) is 16.7 Å². The van der Waals surface area contributed by atoms with E-state index in [1.54, 1.807) is 21.9 Å². The number of rotatable bonds is 87. The minimum Gasteiger partial charge on any atom is -0.748 e. The van der Waals surface area contributed by atoms with Gasteiger partial charge in [0.1, 0.15) is 30.4 Å². The molecule has 0 saturated carbocycles. The van der Waals surface area contributed by atoms with Crippen molar-refractivity contribution in [2.24, 2.45) is 0 Å². The first-order valence-electron chi connectivity index (χ1n) is 48.6. The number of hydrogen-bond donors (Lipinski definition) is 2. The number of anilines is 1. The number of nitrogens with one attached hydrogen (secondary N) is 2. The van der Waals surface area contributed by atoms with Crippen LogP contribution in [0.4, 0.5) is 5.69 Å². The van der Waals surface area contributed by atoms with Crippen LogP contribution < -0.4 is 35.0 Å². The molecule has 4 aliphatic rings. The van der Waals surface area contributed by atoms with Crippen molar-refractivity contribution < 1.29 is 160 Å². The molecule has 2 aromatic carbocycles. The molecule has 1 fully saturated rings. The number of aromatic nitrogens is 2. The Hall–Kier alpha value is -6.61. The Kier molecular flexibility index (Phi) is 63.9. The van der Waals surface area contributed by atoms with Gasteiger partial charge in [0.2, 0.25) is 11.3 Å². The summed E-state index contributed by atoms with van der Waals surface area (Å²) in [6.45, 7) is 47.2. The highest BCUT2D eigenvalue weighted by atomic mass is 32.2. The molecule has 1 aromatic heterocycles. The molecule has 4 aliphatic heterocycles. The molecule has 0 spiro atoms. The molecule has 782 valence electrons. The lowest BCUT2D eigenvalue weighted by Gasteiger charge is -2.43. The zero-order valence-electron chi connectivity index (χ0n) is 83.2. The predicted molar refractivity (Wildman–Crippen MR) is 507 cm³/mol. The summed E-state index contributed by atoms with van der Waals surface area (Å²) < 4.78 is 181. The minimum atomic E-state index is -4.65. The van der Waals surface area contributed by atoms with E-state index in [4.69, 9.17) is 128 Å². The number of benzene rings is 2. The first-order chi connectivity index (χ1) is 66.7. The second-order valence-electron chi connectivity index (χ2n) is 32.4. The van der Waals surface area contributed by atoms with Gasteiger partial charge in [0.25, 0.3) is 11.8 Å². The van der Waals surface area contributed by atoms with E-state index in [0.29, 0.717) is 349 Å². The van der Waals surface area contributed by atoms with Gasteiger partial charge in [-0.25, -0.2) is 22.8 Å². The van der Waals surface area contributed by atoms with Gasteiger partial charge in [0.05, 0.1) is 371 Å². The van der Waals surface area contributed by atoms with Crippen molar-refractivity contribution in [2.75, 3.05) is 367 Å². The molecular formula is C96H160N7O33S+. The van der Waals surface area contributed by atoms with Gasteiger partial charge in [-0.2, -0.15) is 0 Å². The van der Waals surface area contributed by atoms with Gasteiger partial charge in [-0.3, -0.25) is 14.4 Å². The number of ether oxygens (including phenoxy) is 25. The number of hydrogen-bond acceptors (Lipinski definition) is 35. The van der Waals surface area contributed by atoms with Gasteiger partial charge in [-0.15, -0.1) is 5.06 Å². The minimum absolute atomic E-state index is 0.0448. The molecule has 1 saturated heterocycles. The molecule has 40 nitrogen and oxygen atoms in total. The number of hydroxylamine groups is 2. The molecule has 0 aliphatic carbocycles. The average molecular weight is 1970 g/mol. The van der Waals surface area contributed by atoms with E-state index in [-0.39, 0.29) is 63.6 Å². The maximum atomic E-state index is 13.6. The predicted octanol–water partition coefficient (Wildman–Crippen LogP) is 3.32. The van der Waals surface area contributed by atoms with Gasteiger partial charge < -0.3 is 147 Å². The van der Waals surface area contributed by atoms with Crippen molar-refractivity contribution in [1.29, 1.82) is 0 Å². The largest absolute Gasteiger partial charge is 0.748 e. The molecule has 3 amide bonds. The molecule has 41 heteroatoms. The van der Waals surface area contributed by atoms with E-state index >= 15 is 0 Å². The van der Waals surface area contributed by atoms with Crippen LogP contribution in [0.5, 0.6) is 11.5 Å². The number of imide groups is 1. The monoisotopic (exact) mass is 1970 g/mol. The number of amides is 3. The summed E-state index contributed by atoms with van der Waals surface area (Å²) in [5, 5.41) is 5.31. The number of likely N-dealkylation sites (N-methyl/N-ethyl adjacent to an activating group) is 2. The molecule has 0 radical (unpaired) electrons. The third kappa shape index (κ3) is 49.8. The highest BCUT2D eigenvalue weighted by Crippen LogP contribution is 2.47. The van der Waals surface area contributed by atoms with Crippen LogP contribution in [-0.2, 0) is 154 Å². The molecule has 7 rings (SSSR count). The normalized spacial score (nSPS) is 14.4. The quantitative estimate of drug-likeness (QED) is 0.0277. The first-order valence-corrected chi connectivity index (χ1v) is 50.2. The van der Waals surface area contributed by atoms with Crippen molar-refractivity contribution in [1.82, 2.24) is 24.5 Å². The van der Waals surface area contributed by atoms with Crippen molar-refractivity contribution in [3.63, 3.8) is 0 Å². The zero-order valence-corrected chi connectivity index (χ0v) is 84.0.